The van der Waals surface area contributed by atoms with E-state index in [4.69, 9.17) is 5.26 Å². The topological polar surface area (TPSA) is 77.5 Å². The monoisotopic (exact) mass is 360 g/mol. The van der Waals surface area contributed by atoms with E-state index in [9.17, 15) is 4.79 Å². The van der Waals surface area contributed by atoms with Crippen LogP contribution in [0.1, 0.15) is 22.6 Å². The molecule has 3 aromatic rings. The number of pyridine rings is 2. The Morgan fingerprint density at radius 3 is 2.81 bits per heavy atom. The fourth-order valence-corrected chi connectivity index (χ4v) is 3.45. The number of nitriles is 1. The highest BCUT2D eigenvalue weighted by molar-refractivity contribution is 5.93. The molecule has 0 aliphatic carbocycles. The summed E-state index contributed by atoms with van der Waals surface area (Å²) in [5.74, 6) is -0.0861. The van der Waals surface area contributed by atoms with E-state index in [-0.39, 0.29) is 11.9 Å². The number of hydrogen-bond donors (Lipinski definition) is 0. The summed E-state index contributed by atoms with van der Waals surface area (Å²) in [5.41, 5.74) is 4.23. The fourth-order valence-electron chi connectivity index (χ4n) is 3.45. The minimum absolute atomic E-state index is 0.0422. The maximum Gasteiger partial charge on any atom is 0.272 e. The molecule has 1 saturated heterocycles. The number of aryl methyl sites for hydroxylation is 1. The first-order valence-electron chi connectivity index (χ1n) is 8.89. The molecule has 1 atom stereocenters. The summed E-state index contributed by atoms with van der Waals surface area (Å²) in [7, 11) is 1.79. The van der Waals surface area contributed by atoms with Gasteiger partial charge < -0.3 is 9.80 Å². The van der Waals surface area contributed by atoms with Gasteiger partial charge in [-0.1, -0.05) is 6.07 Å². The van der Waals surface area contributed by atoms with Crippen molar-refractivity contribution in [3.63, 3.8) is 0 Å². The number of nitrogens with zero attached hydrogens (tertiary/aromatic N) is 6. The Morgan fingerprint density at radius 1 is 1.26 bits per heavy atom. The molecule has 1 amide bonds. The maximum atomic E-state index is 12.9. The first kappa shape index (κ1) is 17.0. The molecule has 0 saturated carbocycles. The molecule has 7 heteroatoms. The van der Waals surface area contributed by atoms with Crippen molar-refractivity contribution >= 4 is 11.6 Å². The molecule has 4 rings (SSSR count). The molecule has 3 aromatic heterocycles. The first-order valence-corrected chi connectivity index (χ1v) is 8.89. The van der Waals surface area contributed by atoms with Gasteiger partial charge in [0.25, 0.3) is 5.91 Å². The number of likely N-dealkylation sites (N-methyl/N-ethyl adjacent to an activating group) is 1. The van der Waals surface area contributed by atoms with E-state index in [1.54, 1.807) is 27.4 Å². The van der Waals surface area contributed by atoms with Crippen LogP contribution >= 0.6 is 0 Å². The van der Waals surface area contributed by atoms with Gasteiger partial charge in [0.05, 0.1) is 12.2 Å². The predicted octanol–water partition coefficient (Wildman–Crippen LogP) is 2.33. The summed E-state index contributed by atoms with van der Waals surface area (Å²) in [6.45, 7) is 3.23. The van der Waals surface area contributed by atoms with E-state index in [1.807, 2.05) is 43.6 Å². The molecule has 1 fully saturated rings. The summed E-state index contributed by atoms with van der Waals surface area (Å²) in [6, 6.07) is 7.96. The van der Waals surface area contributed by atoms with Crippen molar-refractivity contribution in [2.45, 2.75) is 19.4 Å². The van der Waals surface area contributed by atoms with E-state index in [0.29, 0.717) is 18.8 Å². The van der Waals surface area contributed by atoms with Crippen molar-refractivity contribution in [1.82, 2.24) is 24.2 Å². The van der Waals surface area contributed by atoms with Crippen LogP contribution < -0.4 is 0 Å². The molecule has 0 unspecified atom stereocenters. The van der Waals surface area contributed by atoms with Crippen LogP contribution in [0.2, 0.25) is 0 Å². The largest absolute Gasteiger partial charge is 0.336 e. The number of hydrogen-bond acceptors (Lipinski definition) is 5. The lowest BCUT2D eigenvalue weighted by Gasteiger charge is -2.23. The quantitative estimate of drug-likeness (QED) is 0.670. The van der Waals surface area contributed by atoms with Crippen LogP contribution in [0.4, 0.5) is 0 Å². The lowest BCUT2D eigenvalue weighted by molar-refractivity contribution is 0.0732. The number of rotatable bonds is 3. The van der Waals surface area contributed by atoms with Gasteiger partial charge in [-0.25, -0.2) is 4.98 Å². The standard InChI is InChI=1S/C20H20N6O/c1-14-3-4-16(10-22-14)15-5-8-26-18(11-23-19(26)9-15)20(27)24(2)17-6-7-25(12-17)13-21/h3-5,8-11,17H,6-7,12H2,1-2H3/t17-/m1/s1. The van der Waals surface area contributed by atoms with Gasteiger partial charge in [0.15, 0.2) is 6.19 Å². The van der Waals surface area contributed by atoms with Gasteiger partial charge >= 0.3 is 0 Å². The summed E-state index contributed by atoms with van der Waals surface area (Å²) >= 11 is 0. The summed E-state index contributed by atoms with van der Waals surface area (Å²) in [6.07, 6.45) is 8.27. The molecule has 0 N–H and O–H groups in total. The average molecular weight is 360 g/mol. The number of amides is 1. The van der Waals surface area contributed by atoms with Gasteiger partial charge in [0, 0.05) is 43.8 Å². The number of likely N-dealkylation sites (tertiary alicyclic amines) is 1. The van der Waals surface area contributed by atoms with Gasteiger partial charge in [0.2, 0.25) is 0 Å². The van der Waals surface area contributed by atoms with Crippen molar-refractivity contribution in [2.75, 3.05) is 20.1 Å². The predicted molar refractivity (Wildman–Crippen MR) is 101 cm³/mol. The van der Waals surface area contributed by atoms with E-state index < -0.39 is 0 Å². The highest BCUT2D eigenvalue weighted by atomic mass is 16.2. The Morgan fingerprint density at radius 2 is 2.11 bits per heavy atom. The molecule has 0 aromatic carbocycles. The van der Waals surface area contributed by atoms with Crippen molar-refractivity contribution < 1.29 is 4.79 Å². The molecule has 1 aliphatic heterocycles. The Labute approximate surface area is 157 Å². The lowest BCUT2D eigenvalue weighted by Crippen LogP contribution is -2.39. The number of carbonyl (C=O) groups is 1. The Kier molecular flexibility index (Phi) is 4.24. The summed E-state index contributed by atoms with van der Waals surface area (Å²) < 4.78 is 1.81. The molecule has 4 heterocycles. The number of carbonyl (C=O) groups excluding carboxylic acids is 1. The van der Waals surface area contributed by atoms with Crippen LogP contribution in [0.25, 0.3) is 16.8 Å². The van der Waals surface area contributed by atoms with Crippen LogP contribution in [0.5, 0.6) is 0 Å². The molecule has 0 spiro atoms. The smallest absolute Gasteiger partial charge is 0.272 e. The second-order valence-corrected chi connectivity index (χ2v) is 6.88. The number of imidazole rings is 1. The van der Waals surface area contributed by atoms with Crippen LogP contribution in [-0.2, 0) is 0 Å². The van der Waals surface area contributed by atoms with Crippen molar-refractivity contribution in [1.29, 1.82) is 5.26 Å². The molecule has 136 valence electrons. The van der Waals surface area contributed by atoms with E-state index in [0.717, 1.165) is 28.9 Å². The van der Waals surface area contributed by atoms with Gasteiger partial charge in [-0.2, -0.15) is 5.26 Å². The van der Waals surface area contributed by atoms with Crippen LogP contribution in [-0.4, -0.2) is 56.3 Å². The summed E-state index contributed by atoms with van der Waals surface area (Å²) in [5, 5.41) is 9.02. The zero-order chi connectivity index (χ0) is 19.0. The van der Waals surface area contributed by atoms with Gasteiger partial charge in [-0.3, -0.25) is 14.2 Å². The molecule has 1 aliphatic rings. The first-order chi connectivity index (χ1) is 13.1. The minimum atomic E-state index is -0.0861. The minimum Gasteiger partial charge on any atom is -0.336 e. The van der Waals surface area contributed by atoms with Crippen molar-refractivity contribution in [3.05, 3.63) is 54.2 Å². The zero-order valence-corrected chi connectivity index (χ0v) is 15.3. The second kappa shape index (κ2) is 6.72. The average Bonchev–Trinajstić information content (AvgIpc) is 3.34. The van der Waals surface area contributed by atoms with Crippen molar-refractivity contribution in [2.24, 2.45) is 0 Å². The maximum absolute atomic E-state index is 12.9. The van der Waals surface area contributed by atoms with Gasteiger partial charge in [0.1, 0.15) is 11.3 Å². The lowest BCUT2D eigenvalue weighted by atomic mass is 10.1. The Hall–Kier alpha value is -3.40. The van der Waals surface area contributed by atoms with Crippen LogP contribution in [0.3, 0.4) is 0 Å². The third-order valence-corrected chi connectivity index (χ3v) is 5.15. The van der Waals surface area contributed by atoms with E-state index >= 15 is 0 Å². The van der Waals surface area contributed by atoms with E-state index in [1.165, 1.54) is 0 Å². The molecule has 7 nitrogen and oxygen atoms in total. The zero-order valence-electron chi connectivity index (χ0n) is 15.3. The van der Waals surface area contributed by atoms with Crippen LogP contribution in [0, 0.1) is 18.4 Å². The van der Waals surface area contributed by atoms with Crippen LogP contribution in [0.15, 0.2) is 42.9 Å². The number of fused-ring (bicyclic) bond motifs is 1. The third kappa shape index (κ3) is 3.10. The SMILES string of the molecule is Cc1ccc(-c2ccn3c(C(=O)N(C)[C@@H]4CCN(C#N)C4)cnc3c2)cn1. The van der Waals surface area contributed by atoms with Gasteiger partial charge in [-0.15, -0.1) is 0 Å². The second-order valence-electron chi connectivity index (χ2n) is 6.88. The number of aromatic nitrogens is 3. The highest BCUT2D eigenvalue weighted by Crippen LogP contribution is 2.22. The highest BCUT2D eigenvalue weighted by Gasteiger charge is 2.29. The normalized spacial score (nSPS) is 16.5. The molecule has 0 bridgehead atoms. The summed E-state index contributed by atoms with van der Waals surface area (Å²) in [4.78, 5) is 25.1. The molecular formula is C20H20N6O. The Balaban J connectivity index is 1.61. The molecule has 27 heavy (non-hydrogen) atoms. The molecular weight excluding hydrogens is 340 g/mol. The Bertz CT molecular complexity index is 1030. The van der Waals surface area contributed by atoms with Gasteiger partial charge in [-0.05, 0) is 37.1 Å². The fraction of sp³-hybridized carbons (Fsp3) is 0.300. The third-order valence-electron chi connectivity index (χ3n) is 5.15. The van der Waals surface area contributed by atoms with Crippen molar-refractivity contribution in [3.8, 4) is 17.3 Å². The molecule has 0 radical (unpaired) electrons. The van der Waals surface area contributed by atoms with E-state index in [2.05, 4.69) is 16.2 Å².